The highest BCUT2D eigenvalue weighted by Gasteiger charge is 2.13. The second-order valence-electron chi connectivity index (χ2n) is 3.79. The maximum atomic E-state index is 11.6. The maximum Gasteiger partial charge on any atom is 0.355 e. The molecule has 0 aliphatic rings. The molecule has 0 aliphatic carbocycles. The van der Waals surface area contributed by atoms with Gasteiger partial charge in [0.15, 0.2) is 5.69 Å². The summed E-state index contributed by atoms with van der Waals surface area (Å²) >= 11 is 1.21. The number of nitrogens with one attached hydrogen (secondary N) is 1. The van der Waals surface area contributed by atoms with Gasteiger partial charge in [0.25, 0.3) is 0 Å². The number of carbonyl (C=O) groups is 2. The van der Waals surface area contributed by atoms with E-state index in [9.17, 15) is 9.59 Å². The van der Waals surface area contributed by atoms with Crippen LogP contribution in [-0.2, 0) is 6.54 Å². The maximum absolute atomic E-state index is 11.6. The number of urea groups is 1. The van der Waals surface area contributed by atoms with Crippen LogP contribution in [-0.4, -0.2) is 40.1 Å². The predicted molar refractivity (Wildman–Crippen MR) is 64.2 cm³/mol. The molecule has 1 heterocycles. The van der Waals surface area contributed by atoms with Crippen molar-refractivity contribution in [2.45, 2.75) is 26.4 Å². The Balaban J connectivity index is 2.50. The molecular formula is C10H15N3O3S. The second kappa shape index (κ2) is 5.62. The SMILES string of the molecule is CC(C)N(C)C(=O)NCc1nc(C(=O)O)cs1. The Bertz CT molecular complexity index is 417. The number of hydrogen-bond donors (Lipinski definition) is 2. The first-order valence-corrected chi connectivity index (χ1v) is 5.98. The van der Waals surface area contributed by atoms with E-state index in [0.717, 1.165) is 0 Å². The van der Waals surface area contributed by atoms with Gasteiger partial charge >= 0.3 is 12.0 Å². The van der Waals surface area contributed by atoms with Crippen LogP contribution in [0.4, 0.5) is 4.79 Å². The number of rotatable bonds is 4. The Kier molecular flexibility index (Phi) is 4.45. The lowest BCUT2D eigenvalue weighted by Crippen LogP contribution is -2.40. The van der Waals surface area contributed by atoms with Crippen LogP contribution in [0.3, 0.4) is 0 Å². The first-order chi connectivity index (χ1) is 7.91. The summed E-state index contributed by atoms with van der Waals surface area (Å²) in [6.45, 7) is 4.06. The van der Waals surface area contributed by atoms with E-state index in [1.165, 1.54) is 16.7 Å². The normalized spacial score (nSPS) is 10.4. The van der Waals surface area contributed by atoms with Gasteiger partial charge in [-0.15, -0.1) is 11.3 Å². The summed E-state index contributed by atoms with van der Waals surface area (Å²) < 4.78 is 0. The molecular weight excluding hydrogens is 242 g/mol. The topological polar surface area (TPSA) is 82.5 Å². The van der Waals surface area contributed by atoms with E-state index in [2.05, 4.69) is 10.3 Å². The molecule has 0 saturated heterocycles. The highest BCUT2D eigenvalue weighted by molar-refractivity contribution is 7.09. The molecule has 0 atom stereocenters. The molecule has 0 radical (unpaired) electrons. The average molecular weight is 257 g/mol. The molecule has 0 spiro atoms. The molecule has 94 valence electrons. The van der Waals surface area contributed by atoms with Crippen LogP contribution in [0, 0.1) is 0 Å². The van der Waals surface area contributed by atoms with E-state index in [0.29, 0.717) is 5.01 Å². The third-order valence-electron chi connectivity index (χ3n) is 2.26. The van der Waals surface area contributed by atoms with Gasteiger partial charge in [0, 0.05) is 18.5 Å². The molecule has 0 aliphatic heterocycles. The monoisotopic (exact) mass is 257 g/mol. The zero-order valence-corrected chi connectivity index (χ0v) is 10.7. The number of carboxylic acid groups (broad SMARTS) is 1. The molecule has 2 N–H and O–H groups in total. The largest absolute Gasteiger partial charge is 0.476 e. The zero-order valence-electron chi connectivity index (χ0n) is 9.93. The van der Waals surface area contributed by atoms with E-state index < -0.39 is 5.97 Å². The van der Waals surface area contributed by atoms with Gasteiger partial charge in [-0.1, -0.05) is 0 Å². The van der Waals surface area contributed by atoms with Crippen LogP contribution in [0.15, 0.2) is 5.38 Å². The van der Waals surface area contributed by atoms with Gasteiger partial charge in [-0.3, -0.25) is 0 Å². The Morgan fingerprint density at radius 3 is 2.71 bits per heavy atom. The van der Waals surface area contributed by atoms with Crippen molar-refractivity contribution in [1.82, 2.24) is 15.2 Å². The van der Waals surface area contributed by atoms with Crippen LogP contribution >= 0.6 is 11.3 Å². The molecule has 1 aromatic rings. The third-order valence-corrected chi connectivity index (χ3v) is 3.11. The van der Waals surface area contributed by atoms with Crippen molar-refractivity contribution in [1.29, 1.82) is 0 Å². The number of aromatic carboxylic acids is 1. The van der Waals surface area contributed by atoms with Crippen molar-refractivity contribution in [3.63, 3.8) is 0 Å². The smallest absolute Gasteiger partial charge is 0.355 e. The number of hydrogen-bond acceptors (Lipinski definition) is 4. The fourth-order valence-corrected chi connectivity index (χ4v) is 1.71. The average Bonchev–Trinajstić information content (AvgIpc) is 2.73. The predicted octanol–water partition coefficient (Wildman–Crippen LogP) is 1.39. The van der Waals surface area contributed by atoms with Crippen LogP contribution in [0.25, 0.3) is 0 Å². The molecule has 2 amide bonds. The van der Waals surface area contributed by atoms with Crippen molar-refractivity contribution in [2.24, 2.45) is 0 Å². The lowest BCUT2D eigenvalue weighted by atomic mass is 10.4. The first kappa shape index (κ1) is 13.4. The fourth-order valence-electron chi connectivity index (χ4n) is 1.00. The minimum atomic E-state index is -1.06. The van der Waals surface area contributed by atoms with E-state index in [1.807, 2.05) is 13.8 Å². The summed E-state index contributed by atoms with van der Waals surface area (Å²) in [5, 5.41) is 13.4. The molecule has 1 rings (SSSR count). The minimum Gasteiger partial charge on any atom is -0.476 e. The van der Waals surface area contributed by atoms with Gasteiger partial charge in [-0.25, -0.2) is 14.6 Å². The van der Waals surface area contributed by atoms with Gasteiger partial charge in [0.2, 0.25) is 0 Å². The molecule has 6 nitrogen and oxygen atoms in total. The molecule has 17 heavy (non-hydrogen) atoms. The summed E-state index contributed by atoms with van der Waals surface area (Å²) in [4.78, 5) is 27.6. The first-order valence-electron chi connectivity index (χ1n) is 5.10. The molecule has 0 aromatic carbocycles. The van der Waals surface area contributed by atoms with Crippen LogP contribution in [0.5, 0.6) is 0 Å². The molecule has 0 saturated carbocycles. The lowest BCUT2D eigenvalue weighted by Gasteiger charge is -2.21. The highest BCUT2D eigenvalue weighted by Crippen LogP contribution is 2.09. The van der Waals surface area contributed by atoms with Gasteiger partial charge < -0.3 is 15.3 Å². The van der Waals surface area contributed by atoms with Crippen molar-refractivity contribution in [2.75, 3.05) is 7.05 Å². The van der Waals surface area contributed by atoms with Crippen LogP contribution in [0.2, 0.25) is 0 Å². The Morgan fingerprint density at radius 1 is 1.59 bits per heavy atom. The van der Waals surface area contributed by atoms with E-state index in [4.69, 9.17) is 5.11 Å². The van der Waals surface area contributed by atoms with Crippen molar-refractivity contribution < 1.29 is 14.7 Å². The van der Waals surface area contributed by atoms with Gasteiger partial charge in [-0.2, -0.15) is 0 Å². The summed E-state index contributed by atoms with van der Waals surface area (Å²) in [5.74, 6) is -1.06. The third kappa shape index (κ3) is 3.70. The standard InChI is InChI=1S/C10H15N3O3S/c1-6(2)13(3)10(16)11-4-8-12-7(5-17-8)9(14)15/h5-6H,4H2,1-3H3,(H,11,16)(H,14,15). The Hall–Kier alpha value is -1.63. The van der Waals surface area contributed by atoms with Crippen molar-refractivity contribution in [3.8, 4) is 0 Å². The van der Waals surface area contributed by atoms with Crippen LogP contribution < -0.4 is 5.32 Å². The summed E-state index contributed by atoms with van der Waals surface area (Å²) in [7, 11) is 1.70. The van der Waals surface area contributed by atoms with E-state index in [1.54, 1.807) is 11.9 Å². The number of carbonyl (C=O) groups excluding carboxylic acids is 1. The molecule has 0 fully saturated rings. The molecule has 7 heteroatoms. The summed E-state index contributed by atoms with van der Waals surface area (Å²) in [6.07, 6.45) is 0. The molecule has 0 unspecified atom stereocenters. The highest BCUT2D eigenvalue weighted by atomic mass is 32.1. The summed E-state index contributed by atoms with van der Waals surface area (Å²) in [5.41, 5.74) is 0.0106. The quantitative estimate of drug-likeness (QED) is 0.854. The number of thiazole rings is 1. The van der Waals surface area contributed by atoms with E-state index >= 15 is 0 Å². The van der Waals surface area contributed by atoms with Crippen molar-refractivity contribution in [3.05, 3.63) is 16.1 Å². The van der Waals surface area contributed by atoms with Gasteiger partial charge in [-0.05, 0) is 13.8 Å². The number of aromatic nitrogens is 1. The number of carboxylic acids is 1. The fraction of sp³-hybridized carbons (Fsp3) is 0.500. The van der Waals surface area contributed by atoms with Gasteiger partial charge in [0.1, 0.15) is 5.01 Å². The van der Waals surface area contributed by atoms with Crippen LogP contribution in [0.1, 0.15) is 29.3 Å². The molecule has 1 aromatic heterocycles. The number of amides is 2. The Morgan fingerprint density at radius 2 is 2.24 bits per heavy atom. The minimum absolute atomic E-state index is 0.0106. The summed E-state index contributed by atoms with van der Waals surface area (Å²) in [6, 6.07) is -0.0899. The lowest BCUT2D eigenvalue weighted by molar-refractivity contribution is 0.0691. The van der Waals surface area contributed by atoms with E-state index in [-0.39, 0.29) is 24.3 Å². The van der Waals surface area contributed by atoms with Crippen molar-refractivity contribution >= 4 is 23.3 Å². The van der Waals surface area contributed by atoms with Gasteiger partial charge in [0.05, 0.1) is 6.54 Å². The zero-order chi connectivity index (χ0) is 13.0. The molecule has 0 bridgehead atoms. The Labute approximate surface area is 103 Å². The number of nitrogens with zero attached hydrogens (tertiary/aromatic N) is 2. The second-order valence-corrected chi connectivity index (χ2v) is 4.74.